The first-order valence-electron chi connectivity index (χ1n) is 8.88. The second kappa shape index (κ2) is 6.99. The van der Waals surface area contributed by atoms with Gasteiger partial charge in [0.15, 0.2) is 17.9 Å². The highest BCUT2D eigenvalue weighted by Gasteiger charge is 2.39. The number of likely N-dealkylation sites (tertiary alicyclic amines) is 1. The quantitative estimate of drug-likeness (QED) is 0.734. The average molecular weight is 386 g/mol. The molecular weight excluding hydrogens is 368 g/mol. The van der Waals surface area contributed by atoms with Crippen molar-refractivity contribution in [3.8, 4) is 5.75 Å². The molecule has 3 amide bonds. The van der Waals surface area contributed by atoms with Crippen molar-refractivity contribution < 1.29 is 28.3 Å². The number of imide groups is 1. The van der Waals surface area contributed by atoms with Crippen LogP contribution in [-0.4, -0.2) is 60.6 Å². The van der Waals surface area contributed by atoms with Gasteiger partial charge >= 0.3 is 11.7 Å². The Hall–Kier alpha value is -3.36. The number of amides is 3. The zero-order chi connectivity index (χ0) is 19.8. The monoisotopic (exact) mass is 386 g/mol. The molecule has 2 fully saturated rings. The smallest absolute Gasteiger partial charge is 0.417 e. The third kappa shape index (κ3) is 2.98. The normalized spacial score (nSPS) is 17.9. The van der Waals surface area contributed by atoms with E-state index in [-0.39, 0.29) is 29.7 Å². The van der Waals surface area contributed by atoms with Crippen molar-refractivity contribution in [1.82, 2.24) is 9.80 Å². The van der Waals surface area contributed by atoms with Gasteiger partial charge < -0.3 is 18.8 Å². The summed E-state index contributed by atoms with van der Waals surface area (Å²) in [6, 6.07) is 6.34. The van der Waals surface area contributed by atoms with Crippen molar-refractivity contribution in [3.63, 3.8) is 0 Å². The molecule has 1 aromatic carbocycles. The second-order valence-corrected chi connectivity index (χ2v) is 6.67. The van der Waals surface area contributed by atoms with Gasteiger partial charge in [-0.05, 0) is 25.0 Å². The summed E-state index contributed by atoms with van der Waals surface area (Å²) in [6.45, 7) is 0.395. The zero-order valence-electron chi connectivity index (χ0n) is 15.2. The van der Waals surface area contributed by atoms with E-state index in [0.717, 1.165) is 4.90 Å². The summed E-state index contributed by atoms with van der Waals surface area (Å²) in [6.07, 6.45) is 0.220. The predicted octanol–water partition coefficient (Wildman–Crippen LogP) is 1.39. The number of para-hydroxylation sites is 1. The van der Waals surface area contributed by atoms with Crippen LogP contribution in [0.5, 0.6) is 5.75 Å². The summed E-state index contributed by atoms with van der Waals surface area (Å²) in [5.74, 6) is -0.386. The van der Waals surface area contributed by atoms with Crippen LogP contribution in [0.1, 0.15) is 23.2 Å². The fourth-order valence-electron chi connectivity index (χ4n) is 3.64. The van der Waals surface area contributed by atoms with Gasteiger partial charge in [-0.25, -0.2) is 14.5 Å². The van der Waals surface area contributed by atoms with E-state index in [9.17, 15) is 19.2 Å². The van der Waals surface area contributed by atoms with E-state index >= 15 is 0 Å². The number of piperidine rings is 1. The Kier molecular flexibility index (Phi) is 4.50. The molecule has 0 unspecified atom stereocenters. The van der Waals surface area contributed by atoms with Gasteiger partial charge in [-0.1, -0.05) is 12.1 Å². The molecule has 4 rings (SSSR count). The van der Waals surface area contributed by atoms with Crippen LogP contribution >= 0.6 is 0 Å². The highest BCUT2D eigenvalue weighted by molar-refractivity contribution is 5.99. The lowest BCUT2D eigenvalue weighted by molar-refractivity contribution is -0.127. The Balaban J connectivity index is 1.53. The van der Waals surface area contributed by atoms with Gasteiger partial charge in [0.2, 0.25) is 0 Å². The molecule has 2 saturated heterocycles. The summed E-state index contributed by atoms with van der Waals surface area (Å²) in [5.41, 5.74) is -0.505. The number of methoxy groups -OCH3 is 1. The standard InChI is InChI=1S/C19H18N2O7/c1-26-14-4-2-3-11-9-13(18(24)28-16(11)14)17(23)20-7-5-12(6-8-20)21-15(22)10-27-19(21)25/h2-4,9,12H,5-8,10H2,1H3. The van der Waals surface area contributed by atoms with Gasteiger partial charge in [0, 0.05) is 24.5 Å². The summed E-state index contributed by atoms with van der Waals surface area (Å²) in [7, 11) is 1.47. The average Bonchev–Trinajstić information content (AvgIpc) is 3.05. The van der Waals surface area contributed by atoms with Gasteiger partial charge in [-0.2, -0.15) is 0 Å². The zero-order valence-corrected chi connectivity index (χ0v) is 15.2. The molecule has 28 heavy (non-hydrogen) atoms. The lowest BCUT2D eigenvalue weighted by Crippen LogP contribution is -2.49. The van der Waals surface area contributed by atoms with E-state index < -0.39 is 17.6 Å². The maximum absolute atomic E-state index is 12.8. The lowest BCUT2D eigenvalue weighted by Gasteiger charge is -2.34. The van der Waals surface area contributed by atoms with Crippen molar-refractivity contribution in [3.05, 3.63) is 40.2 Å². The van der Waals surface area contributed by atoms with Gasteiger partial charge in [0.05, 0.1) is 7.11 Å². The van der Waals surface area contributed by atoms with Crippen LogP contribution < -0.4 is 10.4 Å². The fourth-order valence-corrected chi connectivity index (χ4v) is 3.64. The number of rotatable bonds is 3. The molecule has 146 valence electrons. The summed E-state index contributed by atoms with van der Waals surface area (Å²) < 4.78 is 15.2. The SMILES string of the molecule is COc1cccc2cc(C(=O)N3CCC(N4C(=O)COC4=O)CC3)c(=O)oc12. The molecule has 0 spiro atoms. The van der Waals surface area contributed by atoms with Crippen LogP contribution in [-0.2, 0) is 9.53 Å². The molecule has 3 heterocycles. The van der Waals surface area contributed by atoms with E-state index in [1.165, 1.54) is 18.1 Å². The Bertz CT molecular complexity index is 1000. The number of cyclic esters (lactones) is 1. The Morgan fingerprint density at radius 2 is 1.93 bits per heavy atom. The van der Waals surface area contributed by atoms with Gasteiger partial charge in [-0.15, -0.1) is 0 Å². The van der Waals surface area contributed by atoms with Crippen molar-refractivity contribution in [2.75, 3.05) is 26.8 Å². The van der Waals surface area contributed by atoms with Crippen molar-refractivity contribution >= 4 is 28.9 Å². The third-order valence-electron chi connectivity index (χ3n) is 5.08. The minimum absolute atomic E-state index is 0.0594. The maximum atomic E-state index is 12.8. The number of carbonyl (C=O) groups is 3. The second-order valence-electron chi connectivity index (χ2n) is 6.67. The Labute approximate surface area is 159 Å². The molecule has 2 aromatic rings. The molecule has 1 aromatic heterocycles. The molecule has 9 heteroatoms. The number of hydrogen-bond acceptors (Lipinski definition) is 7. The van der Waals surface area contributed by atoms with Crippen LogP contribution in [0, 0.1) is 0 Å². The van der Waals surface area contributed by atoms with E-state index in [1.807, 2.05) is 0 Å². The molecule has 0 N–H and O–H groups in total. The van der Waals surface area contributed by atoms with Gasteiger partial charge in [0.1, 0.15) is 5.56 Å². The number of benzene rings is 1. The molecule has 2 aliphatic heterocycles. The van der Waals surface area contributed by atoms with Crippen LogP contribution in [0.2, 0.25) is 0 Å². The molecule has 2 aliphatic rings. The minimum Gasteiger partial charge on any atom is -0.493 e. The number of hydrogen-bond donors (Lipinski definition) is 0. The largest absolute Gasteiger partial charge is 0.493 e. The van der Waals surface area contributed by atoms with Crippen LogP contribution in [0.25, 0.3) is 11.0 Å². The van der Waals surface area contributed by atoms with Crippen molar-refractivity contribution in [1.29, 1.82) is 0 Å². The lowest BCUT2D eigenvalue weighted by atomic mass is 10.0. The summed E-state index contributed by atoms with van der Waals surface area (Å²) >= 11 is 0. The van der Waals surface area contributed by atoms with Gasteiger partial charge in [-0.3, -0.25) is 9.59 Å². The first kappa shape index (κ1) is 18.0. The molecule has 0 bridgehead atoms. The van der Waals surface area contributed by atoms with Crippen molar-refractivity contribution in [2.24, 2.45) is 0 Å². The number of ether oxygens (including phenoxy) is 2. The first-order valence-corrected chi connectivity index (χ1v) is 8.88. The topological polar surface area (TPSA) is 106 Å². The van der Waals surface area contributed by atoms with E-state index in [2.05, 4.69) is 0 Å². The summed E-state index contributed by atoms with van der Waals surface area (Å²) in [5, 5.41) is 0.586. The Morgan fingerprint density at radius 3 is 2.57 bits per heavy atom. The molecular formula is C19H18N2O7. The van der Waals surface area contributed by atoms with Crippen LogP contribution in [0.4, 0.5) is 4.79 Å². The Morgan fingerprint density at radius 1 is 1.18 bits per heavy atom. The van der Waals surface area contributed by atoms with Crippen LogP contribution in [0.3, 0.4) is 0 Å². The highest BCUT2D eigenvalue weighted by Crippen LogP contribution is 2.26. The highest BCUT2D eigenvalue weighted by atomic mass is 16.6. The fraction of sp³-hybridized carbons (Fsp3) is 0.368. The first-order chi connectivity index (χ1) is 13.5. The molecule has 0 atom stereocenters. The molecule has 0 radical (unpaired) electrons. The predicted molar refractivity (Wildman–Crippen MR) is 96.2 cm³/mol. The summed E-state index contributed by atoms with van der Waals surface area (Å²) in [4.78, 5) is 51.3. The van der Waals surface area contributed by atoms with E-state index in [0.29, 0.717) is 37.1 Å². The molecule has 0 aliphatic carbocycles. The maximum Gasteiger partial charge on any atom is 0.417 e. The van der Waals surface area contributed by atoms with Crippen LogP contribution in [0.15, 0.2) is 33.5 Å². The minimum atomic E-state index is -0.734. The van der Waals surface area contributed by atoms with E-state index in [1.54, 1.807) is 18.2 Å². The molecule has 0 saturated carbocycles. The number of nitrogens with zero attached hydrogens (tertiary/aromatic N) is 2. The number of carbonyl (C=O) groups excluding carboxylic acids is 3. The molecule has 9 nitrogen and oxygen atoms in total. The van der Waals surface area contributed by atoms with Gasteiger partial charge in [0.25, 0.3) is 11.8 Å². The third-order valence-corrected chi connectivity index (χ3v) is 5.08. The van der Waals surface area contributed by atoms with Crippen molar-refractivity contribution in [2.45, 2.75) is 18.9 Å². The van der Waals surface area contributed by atoms with E-state index in [4.69, 9.17) is 13.9 Å². The number of fused-ring (bicyclic) bond motifs is 1.